The molecule has 1 aliphatic heterocycles. The first-order valence-electron chi connectivity index (χ1n) is 5.52. The van der Waals surface area contributed by atoms with E-state index in [0.29, 0.717) is 18.0 Å². The zero-order valence-electron chi connectivity index (χ0n) is 9.92. The summed E-state index contributed by atoms with van der Waals surface area (Å²) in [6.07, 6.45) is 1.92. The van der Waals surface area contributed by atoms with E-state index in [9.17, 15) is 13.2 Å². The largest absolute Gasteiger partial charge is 0.480 e. The number of carbonyl (C=O) groups excluding carboxylic acids is 1. The van der Waals surface area contributed by atoms with E-state index in [-0.39, 0.29) is 17.4 Å². The lowest BCUT2D eigenvalue weighted by atomic mass is 10.1. The van der Waals surface area contributed by atoms with Crippen LogP contribution in [-0.2, 0) is 14.6 Å². The summed E-state index contributed by atoms with van der Waals surface area (Å²) >= 11 is 0. The number of sulfone groups is 1. The fraction of sp³-hybridized carbons (Fsp3) is 0.455. The molecule has 0 radical (unpaired) electrons. The van der Waals surface area contributed by atoms with Gasteiger partial charge in [0, 0.05) is 6.20 Å². The van der Waals surface area contributed by atoms with Gasteiger partial charge in [0.25, 0.3) is 0 Å². The van der Waals surface area contributed by atoms with Crippen LogP contribution in [0.3, 0.4) is 0 Å². The van der Waals surface area contributed by atoms with Gasteiger partial charge in [-0.1, -0.05) is 0 Å². The van der Waals surface area contributed by atoms with Gasteiger partial charge >= 0.3 is 0 Å². The lowest BCUT2D eigenvalue weighted by molar-refractivity contribution is -0.119. The molecule has 0 bridgehead atoms. The van der Waals surface area contributed by atoms with Crippen LogP contribution < -0.4 is 10.1 Å². The summed E-state index contributed by atoms with van der Waals surface area (Å²) in [4.78, 5) is 15.9. The average molecular weight is 270 g/mol. The predicted octanol–water partition coefficient (Wildman–Crippen LogP) is 0.463. The van der Waals surface area contributed by atoms with Gasteiger partial charge in [-0.05, 0) is 18.6 Å². The highest BCUT2D eigenvalue weighted by Gasteiger charge is 2.33. The molecule has 1 atom stereocenters. The number of hydrogen-bond acceptors (Lipinski definition) is 5. The molecule has 1 N–H and O–H groups in total. The Morgan fingerprint density at radius 3 is 2.94 bits per heavy atom. The van der Waals surface area contributed by atoms with Crippen LogP contribution in [0.4, 0.5) is 5.69 Å². The third kappa shape index (κ3) is 2.79. The number of nitrogens with zero attached hydrogens (tertiary/aromatic N) is 1. The minimum Gasteiger partial charge on any atom is -0.480 e. The molecule has 6 nitrogen and oxygen atoms in total. The topological polar surface area (TPSA) is 85.4 Å². The molecule has 0 spiro atoms. The second kappa shape index (κ2) is 4.93. The zero-order valence-corrected chi connectivity index (χ0v) is 10.7. The van der Waals surface area contributed by atoms with Crippen molar-refractivity contribution in [3.8, 4) is 5.88 Å². The van der Waals surface area contributed by atoms with Crippen LogP contribution in [-0.4, -0.2) is 37.9 Å². The molecule has 7 heteroatoms. The molecule has 1 unspecified atom stereocenters. The monoisotopic (exact) mass is 270 g/mol. The van der Waals surface area contributed by atoms with Crippen LogP contribution in [0.5, 0.6) is 5.88 Å². The highest BCUT2D eigenvalue weighted by atomic mass is 32.2. The summed E-state index contributed by atoms with van der Waals surface area (Å²) in [7, 11) is -1.60. The van der Waals surface area contributed by atoms with Gasteiger partial charge < -0.3 is 10.1 Å². The highest BCUT2D eigenvalue weighted by molar-refractivity contribution is 7.91. The molecule has 1 aliphatic rings. The number of pyridine rings is 1. The molecular formula is C11H14N2O4S. The quantitative estimate of drug-likeness (QED) is 0.862. The van der Waals surface area contributed by atoms with Crippen molar-refractivity contribution in [2.75, 3.05) is 23.9 Å². The maximum Gasteiger partial charge on any atom is 0.237 e. The Kier molecular flexibility index (Phi) is 3.51. The Morgan fingerprint density at radius 2 is 2.33 bits per heavy atom. The molecular weight excluding hydrogens is 256 g/mol. The first-order chi connectivity index (χ1) is 8.52. The number of carbonyl (C=O) groups is 1. The standard InChI is InChI=1S/C11H14N2O4S/c1-17-11-9(3-2-5-12-11)13-10(14)8-4-6-18(15,16)7-8/h2-3,5,8H,4,6-7H2,1H3,(H,13,14). The zero-order chi connectivity index (χ0) is 13.2. The van der Waals surface area contributed by atoms with E-state index in [4.69, 9.17) is 4.74 Å². The minimum atomic E-state index is -3.06. The van der Waals surface area contributed by atoms with Crippen LogP contribution in [0.15, 0.2) is 18.3 Å². The Bertz CT molecular complexity index is 556. The number of aromatic nitrogens is 1. The molecule has 2 rings (SSSR count). The van der Waals surface area contributed by atoms with E-state index in [2.05, 4.69) is 10.3 Å². The number of methoxy groups -OCH3 is 1. The molecule has 18 heavy (non-hydrogen) atoms. The molecule has 0 aliphatic carbocycles. The molecule has 1 amide bonds. The van der Waals surface area contributed by atoms with E-state index in [1.807, 2.05) is 0 Å². The lowest BCUT2D eigenvalue weighted by Crippen LogP contribution is -2.24. The molecule has 2 heterocycles. The van der Waals surface area contributed by atoms with Crippen molar-refractivity contribution in [3.63, 3.8) is 0 Å². The van der Waals surface area contributed by atoms with Gasteiger partial charge in [0.05, 0.1) is 24.5 Å². The summed E-state index contributed by atoms with van der Waals surface area (Å²) in [6.45, 7) is 0. The van der Waals surface area contributed by atoms with Crippen molar-refractivity contribution in [2.45, 2.75) is 6.42 Å². The van der Waals surface area contributed by atoms with E-state index in [1.165, 1.54) is 7.11 Å². The Labute approximate surface area is 105 Å². The van der Waals surface area contributed by atoms with Crippen LogP contribution in [0, 0.1) is 5.92 Å². The highest BCUT2D eigenvalue weighted by Crippen LogP contribution is 2.24. The maximum atomic E-state index is 11.9. The number of nitrogens with one attached hydrogen (secondary N) is 1. The molecule has 0 saturated carbocycles. The van der Waals surface area contributed by atoms with E-state index < -0.39 is 15.8 Å². The summed E-state index contributed by atoms with van der Waals surface area (Å²) in [6, 6.07) is 3.33. The molecule has 1 aromatic rings. The SMILES string of the molecule is COc1ncccc1NC(=O)C1CCS(=O)(=O)C1. The van der Waals surface area contributed by atoms with Crippen LogP contribution in [0.2, 0.25) is 0 Å². The lowest BCUT2D eigenvalue weighted by Gasteiger charge is -2.11. The first-order valence-corrected chi connectivity index (χ1v) is 7.34. The molecule has 1 aromatic heterocycles. The van der Waals surface area contributed by atoms with Crippen molar-refractivity contribution in [3.05, 3.63) is 18.3 Å². The molecule has 0 aromatic carbocycles. The van der Waals surface area contributed by atoms with Crippen molar-refractivity contribution in [1.82, 2.24) is 4.98 Å². The summed E-state index contributed by atoms with van der Waals surface area (Å²) < 4.78 is 27.6. The van der Waals surface area contributed by atoms with Gasteiger partial charge in [-0.15, -0.1) is 0 Å². The van der Waals surface area contributed by atoms with Crippen molar-refractivity contribution in [2.24, 2.45) is 5.92 Å². The smallest absolute Gasteiger partial charge is 0.237 e. The summed E-state index contributed by atoms with van der Waals surface area (Å²) in [5, 5.41) is 2.65. The van der Waals surface area contributed by atoms with Gasteiger partial charge in [-0.25, -0.2) is 13.4 Å². The van der Waals surface area contributed by atoms with E-state index in [0.717, 1.165) is 0 Å². The number of ether oxygens (including phenoxy) is 1. The second-order valence-corrected chi connectivity index (χ2v) is 6.38. The summed E-state index contributed by atoms with van der Waals surface area (Å²) in [5.74, 6) is -0.481. The fourth-order valence-corrected chi connectivity index (χ4v) is 3.63. The maximum absolute atomic E-state index is 11.9. The molecule has 1 saturated heterocycles. The van der Waals surface area contributed by atoms with Crippen molar-refractivity contribution >= 4 is 21.4 Å². The van der Waals surface area contributed by atoms with Gasteiger partial charge in [0.1, 0.15) is 5.69 Å². The van der Waals surface area contributed by atoms with E-state index >= 15 is 0 Å². The Balaban J connectivity index is 2.08. The minimum absolute atomic E-state index is 0.0786. The van der Waals surface area contributed by atoms with Gasteiger partial charge in [-0.2, -0.15) is 0 Å². The average Bonchev–Trinajstić information content (AvgIpc) is 2.70. The number of hydrogen-bond donors (Lipinski definition) is 1. The second-order valence-electron chi connectivity index (χ2n) is 4.15. The normalized spacial score (nSPS) is 21.5. The van der Waals surface area contributed by atoms with Gasteiger partial charge in [-0.3, -0.25) is 4.79 Å². The summed E-state index contributed by atoms with van der Waals surface area (Å²) in [5.41, 5.74) is 0.453. The van der Waals surface area contributed by atoms with Crippen LogP contribution >= 0.6 is 0 Å². The predicted molar refractivity (Wildman–Crippen MR) is 66.2 cm³/mol. The third-order valence-corrected chi connectivity index (χ3v) is 4.59. The van der Waals surface area contributed by atoms with Crippen molar-refractivity contribution in [1.29, 1.82) is 0 Å². The molecule has 1 fully saturated rings. The number of amides is 1. The Morgan fingerprint density at radius 1 is 1.56 bits per heavy atom. The third-order valence-electron chi connectivity index (χ3n) is 2.83. The van der Waals surface area contributed by atoms with Gasteiger partial charge in [0.15, 0.2) is 9.84 Å². The first kappa shape index (κ1) is 12.8. The Hall–Kier alpha value is -1.63. The fourth-order valence-electron chi connectivity index (χ4n) is 1.89. The van der Waals surface area contributed by atoms with Crippen LogP contribution in [0.1, 0.15) is 6.42 Å². The van der Waals surface area contributed by atoms with Crippen molar-refractivity contribution < 1.29 is 17.9 Å². The van der Waals surface area contributed by atoms with Crippen LogP contribution in [0.25, 0.3) is 0 Å². The number of anilines is 1. The molecule has 98 valence electrons. The number of rotatable bonds is 3. The van der Waals surface area contributed by atoms with E-state index in [1.54, 1.807) is 18.3 Å². The van der Waals surface area contributed by atoms with Gasteiger partial charge in [0.2, 0.25) is 11.8 Å².